The molecule has 4 heteroatoms. The van der Waals surface area contributed by atoms with Gasteiger partial charge in [-0.15, -0.1) is 0 Å². The molecule has 1 N–H and O–H groups in total. The van der Waals surface area contributed by atoms with Crippen molar-refractivity contribution in [3.63, 3.8) is 0 Å². The Morgan fingerprint density at radius 3 is 2.86 bits per heavy atom. The van der Waals surface area contributed by atoms with E-state index in [-0.39, 0.29) is 11.9 Å². The highest BCUT2D eigenvalue weighted by Crippen LogP contribution is 2.26. The number of pyridine rings is 1. The maximum absolute atomic E-state index is 12.2. The van der Waals surface area contributed by atoms with E-state index in [0.717, 1.165) is 30.6 Å². The first-order chi connectivity index (χ1) is 10.8. The van der Waals surface area contributed by atoms with Gasteiger partial charge in [-0.3, -0.25) is 9.78 Å². The Balaban J connectivity index is 1.90. The third-order valence-electron chi connectivity index (χ3n) is 4.19. The molecule has 0 radical (unpaired) electrons. The summed E-state index contributed by atoms with van der Waals surface area (Å²) in [5, 5.41) is 3.38. The lowest BCUT2D eigenvalue weighted by molar-refractivity contribution is -0.142. The minimum atomic E-state index is -0.278. The molecule has 1 unspecified atom stereocenters. The van der Waals surface area contributed by atoms with Crippen LogP contribution in [-0.2, 0) is 28.9 Å². The predicted octanol–water partition coefficient (Wildman–Crippen LogP) is 2.23. The summed E-state index contributed by atoms with van der Waals surface area (Å²) in [5.74, 6) is -0.472. The number of hydrogen-bond donors (Lipinski definition) is 1. The van der Waals surface area contributed by atoms with Crippen LogP contribution in [0.1, 0.15) is 28.2 Å². The highest BCUT2D eigenvalue weighted by molar-refractivity contribution is 5.78. The van der Waals surface area contributed by atoms with Gasteiger partial charge in [0, 0.05) is 18.9 Å². The van der Waals surface area contributed by atoms with Crippen LogP contribution in [-0.4, -0.2) is 24.6 Å². The van der Waals surface area contributed by atoms with Crippen molar-refractivity contribution in [3.8, 4) is 0 Å². The fraction of sp³-hybridized carbons (Fsp3) is 0.333. The van der Waals surface area contributed by atoms with Gasteiger partial charge in [0.1, 0.15) is 0 Å². The number of carbonyl (C=O) groups is 1. The second-order valence-corrected chi connectivity index (χ2v) is 5.59. The van der Waals surface area contributed by atoms with Crippen LogP contribution < -0.4 is 5.32 Å². The van der Waals surface area contributed by atoms with E-state index in [1.165, 1.54) is 18.2 Å². The van der Waals surface area contributed by atoms with Crippen molar-refractivity contribution in [1.82, 2.24) is 10.3 Å². The number of hydrogen-bond acceptors (Lipinski definition) is 4. The fourth-order valence-corrected chi connectivity index (χ4v) is 2.95. The van der Waals surface area contributed by atoms with Gasteiger partial charge in [-0.05, 0) is 53.8 Å². The zero-order valence-corrected chi connectivity index (χ0v) is 12.7. The lowest BCUT2D eigenvalue weighted by Crippen LogP contribution is -2.24. The van der Waals surface area contributed by atoms with Gasteiger partial charge in [-0.1, -0.05) is 18.2 Å². The van der Waals surface area contributed by atoms with Crippen LogP contribution in [0.2, 0.25) is 0 Å². The fourth-order valence-electron chi connectivity index (χ4n) is 2.95. The number of methoxy groups -OCH3 is 1. The molecular formula is C18H20N2O2. The molecule has 22 heavy (non-hydrogen) atoms. The quantitative estimate of drug-likeness (QED) is 0.879. The second-order valence-electron chi connectivity index (χ2n) is 5.59. The average Bonchev–Trinajstić information content (AvgIpc) is 2.59. The molecule has 2 aromatic rings. The highest BCUT2D eigenvalue weighted by Gasteiger charge is 2.23. The van der Waals surface area contributed by atoms with E-state index in [0.29, 0.717) is 6.42 Å². The first-order valence-electron chi connectivity index (χ1n) is 7.57. The molecule has 1 atom stereocenters. The molecule has 0 fully saturated rings. The highest BCUT2D eigenvalue weighted by atomic mass is 16.5. The third-order valence-corrected chi connectivity index (χ3v) is 4.19. The molecule has 0 spiro atoms. The average molecular weight is 296 g/mol. The number of benzene rings is 1. The number of ether oxygens (including phenoxy) is 1. The van der Waals surface area contributed by atoms with Crippen molar-refractivity contribution in [2.45, 2.75) is 25.3 Å². The van der Waals surface area contributed by atoms with Gasteiger partial charge in [0.05, 0.1) is 13.0 Å². The molecule has 1 aromatic carbocycles. The van der Waals surface area contributed by atoms with Crippen molar-refractivity contribution >= 4 is 5.97 Å². The smallest absolute Gasteiger partial charge is 0.313 e. The maximum Gasteiger partial charge on any atom is 0.313 e. The van der Waals surface area contributed by atoms with Gasteiger partial charge in [0.25, 0.3) is 0 Å². The van der Waals surface area contributed by atoms with Gasteiger partial charge in [-0.25, -0.2) is 0 Å². The van der Waals surface area contributed by atoms with E-state index >= 15 is 0 Å². The first kappa shape index (κ1) is 14.7. The summed E-state index contributed by atoms with van der Waals surface area (Å²) in [5.41, 5.74) is 4.76. The number of nitrogens with zero attached hydrogens (tertiary/aromatic N) is 1. The summed E-state index contributed by atoms with van der Waals surface area (Å²) >= 11 is 0. The topological polar surface area (TPSA) is 51.2 Å². The minimum absolute atomic E-state index is 0.194. The number of aromatic nitrogens is 1. The number of rotatable bonds is 4. The standard InChI is InChI=1S/C18H20N2O2/c1-22-18(21)17(10-13-4-7-19-8-5-13)15-3-2-14-6-9-20-12-16(14)11-15/h2-5,7-8,11,17,20H,6,9-10,12H2,1H3. The number of carbonyl (C=O) groups excluding carboxylic acids is 1. The summed E-state index contributed by atoms with van der Waals surface area (Å²) in [6.07, 6.45) is 5.17. The molecule has 3 rings (SSSR count). The summed E-state index contributed by atoms with van der Waals surface area (Å²) in [6, 6.07) is 10.2. The number of fused-ring (bicyclic) bond motifs is 1. The van der Waals surface area contributed by atoms with Crippen LogP contribution in [0.5, 0.6) is 0 Å². The summed E-state index contributed by atoms with van der Waals surface area (Å²) < 4.78 is 5.01. The SMILES string of the molecule is COC(=O)C(Cc1ccncc1)c1ccc2c(c1)CNCC2. The van der Waals surface area contributed by atoms with Crippen LogP contribution >= 0.6 is 0 Å². The Morgan fingerprint density at radius 2 is 2.09 bits per heavy atom. The molecule has 1 aromatic heterocycles. The van der Waals surface area contributed by atoms with Crippen molar-refractivity contribution in [3.05, 3.63) is 65.0 Å². The molecule has 0 saturated carbocycles. The van der Waals surface area contributed by atoms with Crippen LogP contribution in [0.3, 0.4) is 0 Å². The molecule has 1 aliphatic heterocycles. The van der Waals surface area contributed by atoms with E-state index in [1.807, 2.05) is 12.1 Å². The first-order valence-corrected chi connectivity index (χ1v) is 7.57. The molecule has 4 nitrogen and oxygen atoms in total. The summed E-state index contributed by atoms with van der Waals surface area (Å²) in [7, 11) is 1.45. The molecule has 114 valence electrons. The monoisotopic (exact) mass is 296 g/mol. The molecule has 0 amide bonds. The molecule has 0 aliphatic carbocycles. The predicted molar refractivity (Wildman–Crippen MR) is 84.6 cm³/mol. The van der Waals surface area contributed by atoms with Gasteiger partial charge < -0.3 is 10.1 Å². The largest absolute Gasteiger partial charge is 0.469 e. The Bertz CT molecular complexity index is 655. The molecule has 0 saturated heterocycles. The lowest BCUT2D eigenvalue weighted by Gasteiger charge is -2.21. The third kappa shape index (κ3) is 3.17. The molecular weight excluding hydrogens is 276 g/mol. The van der Waals surface area contributed by atoms with E-state index in [2.05, 4.69) is 28.5 Å². The van der Waals surface area contributed by atoms with Crippen molar-refractivity contribution < 1.29 is 9.53 Å². The summed E-state index contributed by atoms with van der Waals surface area (Å²) in [6.45, 7) is 1.89. The van der Waals surface area contributed by atoms with E-state index in [4.69, 9.17) is 4.74 Å². The lowest BCUT2D eigenvalue weighted by atomic mass is 9.89. The van der Waals surface area contributed by atoms with E-state index < -0.39 is 0 Å². The Kier molecular flexibility index (Phi) is 4.49. The normalized spacial score (nSPS) is 15.0. The molecule has 1 aliphatic rings. The maximum atomic E-state index is 12.2. The Labute approximate surface area is 130 Å². The van der Waals surface area contributed by atoms with Crippen LogP contribution in [0.4, 0.5) is 0 Å². The Hall–Kier alpha value is -2.20. The van der Waals surface area contributed by atoms with Crippen molar-refractivity contribution in [1.29, 1.82) is 0 Å². The van der Waals surface area contributed by atoms with E-state index in [1.54, 1.807) is 12.4 Å². The second kappa shape index (κ2) is 6.71. The van der Waals surface area contributed by atoms with Gasteiger partial charge >= 0.3 is 5.97 Å². The van der Waals surface area contributed by atoms with Gasteiger partial charge in [0.15, 0.2) is 0 Å². The van der Waals surface area contributed by atoms with Crippen molar-refractivity contribution in [2.75, 3.05) is 13.7 Å². The summed E-state index contributed by atoms with van der Waals surface area (Å²) in [4.78, 5) is 16.3. The minimum Gasteiger partial charge on any atom is -0.469 e. The van der Waals surface area contributed by atoms with Crippen LogP contribution in [0.25, 0.3) is 0 Å². The number of esters is 1. The zero-order valence-electron chi connectivity index (χ0n) is 12.7. The molecule has 0 bridgehead atoms. The van der Waals surface area contributed by atoms with Crippen molar-refractivity contribution in [2.24, 2.45) is 0 Å². The number of nitrogens with one attached hydrogen (secondary N) is 1. The van der Waals surface area contributed by atoms with Gasteiger partial charge in [0.2, 0.25) is 0 Å². The van der Waals surface area contributed by atoms with Crippen LogP contribution in [0.15, 0.2) is 42.7 Å². The van der Waals surface area contributed by atoms with E-state index in [9.17, 15) is 4.79 Å². The molecule has 2 heterocycles. The van der Waals surface area contributed by atoms with Gasteiger partial charge in [-0.2, -0.15) is 0 Å². The Morgan fingerprint density at radius 1 is 1.27 bits per heavy atom. The zero-order chi connectivity index (χ0) is 15.4. The van der Waals surface area contributed by atoms with Crippen LogP contribution in [0, 0.1) is 0 Å².